The van der Waals surface area contributed by atoms with Crippen LogP contribution in [0.25, 0.3) is 5.65 Å². The molecule has 0 aliphatic carbocycles. The molecule has 20 heavy (non-hydrogen) atoms. The zero-order valence-electron chi connectivity index (χ0n) is 12.0. The van der Waals surface area contributed by atoms with Gasteiger partial charge in [0.25, 0.3) is 5.56 Å². The number of nitrogens with one attached hydrogen (secondary N) is 1. The topological polar surface area (TPSA) is 49.6 Å². The predicted molar refractivity (Wildman–Crippen MR) is 78.9 cm³/mol. The van der Waals surface area contributed by atoms with Crippen molar-refractivity contribution in [3.8, 4) is 0 Å². The number of nitrogens with zero attached hydrogens (tertiary/aromatic N) is 3. The van der Waals surface area contributed by atoms with Crippen LogP contribution >= 0.6 is 0 Å². The summed E-state index contributed by atoms with van der Waals surface area (Å²) >= 11 is 0. The molecule has 0 bridgehead atoms. The van der Waals surface area contributed by atoms with Crippen molar-refractivity contribution in [3.05, 3.63) is 46.0 Å². The Kier molecular flexibility index (Phi) is 3.54. The molecule has 1 fully saturated rings. The number of pyridine rings is 1. The summed E-state index contributed by atoms with van der Waals surface area (Å²) in [5.41, 5.74) is 2.70. The van der Waals surface area contributed by atoms with Crippen molar-refractivity contribution in [3.63, 3.8) is 0 Å². The average Bonchev–Trinajstić information content (AvgIpc) is 2.38. The lowest BCUT2D eigenvalue weighted by atomic mass is 10.2. The SMILES string of the molecule is Cc1ccn2c(=O)cc(CN3CCN[C@H](C)C3)nc2c1. The summed E-state index contributed by atoms with van der Waals surface area (Å²) in [5.74, 6) is 0. The number of aryl methyl sites for hydroxylation is 1. The monoisotopic (exact) mass is 272 g/mol. The van der Waals surface area contributed by atoms with Gasteiger partial charge in [0, 0.05) is 44.5 Å². The first kappa shape index (κ1) is 13.3. The fraction of sp³-hybridized carbons (Fsp3) is 0.467. The van der Waals surface area contributed by atoms with Gasteiger partial charge in [-0.15, -0.1) is 0 Å². The molecule has 3 rings (SSSR count). The van der Waals surface area contributed by atoms with Crippen molar-refractivity contribution in [1.29, 1.82) is 0 Å². The molecular formula is C15H20N4O. The van der Waals surface area contributed by atoms with E-state index in [1.165, 1.54) is 0 Å². The molecule has 2 aromatic rings. The molecule has 0 saturated carbocycles. The van der Waals surface area contributed by atoms with Crippen molar-refractivity contribution in [1.82, 2.24) is 19.6 Å². The predicted octanol–water partition coefficient (Wildman–Crippen LogP) is 0.797. The van der Waals surface area contributed by atoms with Gasteiger partial charge in [-0.2, -0.15) is 0 Å². The highest BCUT2D eigenvalue weighted by atomic mass is 16.1. The standard InChI is InChI=1S/C15H20N4O/c1-11-3-5-19-14(7-11)17-13(8-15(19)20)10-18-6-4-16-12(2)9-18/h3,5,7-8,12,16H,4,6,9-10H2,1-2H3/t12-/m1/s1. The van der Waals surface area contributed by atoms with Crippen LogP contribution in [-0.2, 0) is 6.54 Å². The molecule has 1 aliphatic rings. The highest BCUT2D eigenvalue weighted by molar-refractivity contribution is 5.41. The van der Waals surface area contributed by atoms with Gasteiger partial charge in [0.05, 0.1) is 5.69 Å². The molecule has 0 amide bonds. The Bertz CT molecular complexity index is 679. The summed E-state index contributed by atoms with van der Waals surface area (Å²) in [7, 11) is 0. The quantitative estimate of drug-likeness (QED) is 0.878. The third kappa shape index (κ3) is 2.73. The maximum atomic E-state index is 12.1. The van der Waals surface area contributed by atoms with E-state index in [2.05, 4.69) is 22.1 Å². The van der Waals surface area contributed by atoms with Gasteiger partial charge in [-0.1, -0.05) is 0 Å². The minimum absolute atomic E-state index is 0.00631. The Hall–Kier alpha value is -1.72. The molecule has 106 valence electrons. The van der Waals surface area contributed by atoms with Crippen molar-refractivity contribution in [2.75, 3.05) is 19.6 Å². The Morgan fingerprint density at radius 2 is 2.30 bits per heavy atom. The van der Waals surface area contributed by atoms with Crippen LogP contribution in [0.2, 0.25) is 0 Å². The van der Waals surface area contributed by atoms with Crippen LogP contribution in [0.1, 0.15) is 18.2 Å². The van der Waals surface area contributed by atoms with Crippen molar-refractivity contribution in [2.45, 2.75) is 26.4 Å². The third-order valence-corrected chi connectivity index (χ3v) is 3.71. The molecule has 0 unspecified atom stereocenters. The van der Waals surface area contributed by atoms with Crippen LogP contribution in [0, 0.1) is 6.92 Å². The second kappa shape index (κ2) is 5.34. The number of aromatic nitrogens is 2. The van der Waals surface area contributed by atoms with Gasteiger partial charge < -0.3 is 5.32 Å². The Morgan fingerprint density at radius 3 is 3.10 bits per heavy atom. The smallest absolute Gasteiger partial charge is 0.258 e. The normalized spacial score (nSPS) is 20.4. The van der Waals surface area contributed by atoms with E-state index in [0.29, 0.717) is 6.04 Å². The lowest BCUT2D eigenvalue weighted by molar-refractivity contribution is 0.197. The van der Waals surface area contributed by atoms with Gasteiger partial charge in [0.2, 0.25) is 0 Å². The highest BCUT2D eigenvalue weighted by Gasteiger charge is 2.16. The van der Waals surface area contributed by atoms with Gasteiger partial charge in [0.1, 0.15) is 5.65 Å². The van der Waals surface area contributed by atoms with E-state index in [1.54, 1.807) is 16.7 Å². The van der Waals surface area contributed by atoms with Crippen LogP contribution in [0.15, 0.2) is 29.2 Å². The summed E-state index contributed by atoms with van der Waals surface area (Å²) in [4.78, 5) is 19.1. The van der Waals surface area contributed by atoms with Gasteiger partial charge >= 0.3 is 0 Å². The van der Waals surface area contributed by atoms with E-state index in [1.807, 2.05) is 19.1 Å². The molecule has 0 radical (unpaired) electrons. The zero-order valence-corrected chi connectivity index (χ0v) is 12.0. The molecule has 5 nitrogen and oxygen atoms in total. The maximum absolute atomic E-state index is 12.1. The molecule has 0 spiro atoms. The van der Waals surface area contributed by atoms with E-state index >= 15 is 0 Å². The van der Waals surface area contributed by atoms with E-state index in [-0.39, 0.29) is 5.56 Å². The molecule has 1 saturated heterocycles. The van der Waals surface area contributed by atoms with E-state index in [4.69, 9.17) is 0 Å². The van der Waals surface area contributed by atoms with Gasteiger partial charge in [-0.05, 0) is 31.5 Å². The van der Waals surface area contributed by atoms with Crippen molar-refractivity contribution < 1.29 is 0 Å². The fourth-order valence-electron chi connectivity index (χ4n) is 2.72. The fourth-order valence-corrected chi connectivity index (χ4v) is 2.72. The third-order valence-electron chi connectivity index (χ3n) is 3.71. The van der Waals surface area contributed by atoms with E-state index in [0.717, 1.165) is 43.1 Å². The van der Waals surface area contributed by atoms with Crippen LogP contribution in [0.4, 0.5) is 0 Å². The Labute approximate surface area is 118 Å². The largest absolute Gasteiger partial charge is 0.312 e. The summed E-state index contributed by atoms with van der Waals surface area (Å²) in [6, 6.07) is 6.01. The summed E-state index contributed by atoms with van der Waals surface area (Å²) in [6.45, 7) is 7.92. The first-order chi connectivity index (χ1) is 9.61. The van der Waals surface area contributed by atoms with Crippen molar-refractivity contribution in [2.24, 2.45) is 0 Å². The molecule has 1 N–H and O–H groups in total. The number of rotatable bonds is 2. The summed E-state index contributed by atoms with van der Waals surface area (Å²) in [6.07, 6.45) is 1.79. The maximum Gasteiger partial charge on any atom is 0.258 e. The Balaban J connectivity index is 1.90. The molecule has 3 heterocycles. The first-order valence-electron chi connectivity index (χ1n) is 7.06. The van der Waals surface area contributed by atoms with Gasteiger partial charge in [-0.3, -0.25) is 14.1 Å². The number of hydrogen-bond donors (Lipinski definition) is 1. The highest BCUT2D eigenvalue weighted by Crippen LogP contribution is 2.07. The van der Waals surface area contributed by atoms with Crippen LogP contribution in [0.5, 0.6) is 0 Å². The second-order valence-electron chi connectivity index (χ2n) is 5.61. The average molecular weight is 272 g/mol. The summed E-state index contributed by atoms with van der Waals surface area (Å²) < 4.78 is 1.59. The number of hydrogen-bond acceptors (Lipinski definition) is 4. The minimum Gasteiger partial charge on any atom is -0.312 e. The molecule has 1 aliphatic heterocycles. The lowest BCUT2D eigenvalue weighted by Gasteiger charge is -2.31. The van der Waals surface area contributed by atoms with Gasteiger partial charge in [0.15, 0.2) is 0 Å². The van der Waals surface area contributed by atoms with Gasteiger partial charge in [-0.25, -0.2) is 4.98 Å². The molecule has 2 aromatic heterocycles. The second-order valence-corrected chi connectivity index (χ2v) is 5.61. The molecule has 0 aromatic carbocycles. The van der Waals surface area contributed by atoms with Crippen LogP contribution in [-0.4, -0.2) is 40.0 Å². The van der Waals surface area contributed by atoms with E-state index in [9.17, 15) is 4.79 Å². The van der Waals surface area contributed by atoms with E-state index < -0.39 is 0 Å². The number of piperazine rings is 1. The zero-order chi connectivity index (χ0) is 14.1. The molecule has 1 atom stereocenters. The van der Waals surface area contributed by atoms with Crippen molar-refractivity contribution >= 4 is 5.65 Å². The Morgan fingerprint density at radius 1 is 1.45 bits per heavy atom. The lowest BCUT2D eigenvalue weighted by Crippen LogP contribution is -2.48. The first-order valence-corrected chi connectivity index (χ1v) is 7.06. The summed E-state index contributed by atoms with van der Waals surface area (Å²) in [5, 5.41) is 3.42. The van der Waals surface area contributed by atoms with Crippen LogP contribution in [0.3, 0.4) is 0 Å². The minimum atomic E-state index is -0.00631. The molecular weight excluding hydrogens is 252 g/mol. The van der Waals surface area contributed by atoms with Crippen LogP contribution < -0.4 is 10.9 Å². The number of fused-ring (bicyclic) bond motifs is 1. The molecule has 5 heteroatoms.